The Morgan fingerprint density at radius 3 is 2.65 bits per heavy atom. The van der Waals surface area contributed by atoms with Crippen LogP contribution in [0.15, 0.2) is 29.2 Å². The maximum atomic E-state index is 12.7. The molecular formula is C16H19NO5S. The number of benzene rings is 1. The maximum absolute atomic E-state index is 12.7. The van der Waals surface area contributed by atoms with E-state index >= 15 is 0 Å². The molecule has 3 rings (SSSR count). The van der Waals surface area contributed by atoms with Gasteiger partial charge in [-0.05, 0) is 42.9 Å². The highest BCUT2D eigenvalue weighted by atomic mass is 32.2. The van der Waals surface area contributed by atoms with Crippen LogP contribution in [0.5, 0.6) is 0 Å². The minimum Gasteiger partial charge on any atom is -0.480 e. The lowest BCUT2D eigenvalue weighted by Crippen LogP contribution is -2.43. The molecule has 1 amide bonds. The number of hydrogen-bond donors (Lipinski definition) is 1. The topological polar surface area (TPSA) is 91.8 Å². The van der Waals surface area contributed by atoms with Crippen molar-refractivity contribution in [1.82, 2.24) is 4.90 Å². The number of hydrogen-bond acceptors (Lipinski definition) is 4. The summed E-state index contributed by atoms with van der Waals surface area (Å²) < 4.78 is 23.3. The van der Waals surface area contributed by atoms with Gasteiger partial charge in [0.1, 0.15) is 6.04 Å². The van der Waals surface area contributed by atoms with Crippen LogP contribution in [0.25, 0.3) is 0 Å². The quantitative estimate of drug-likeness (QED) is 0.900. The largest absolute Gasteiger partial charge is 0.480 e. The molecule has 23 heavy (non-hydrogen) atoms. The van der Waals surface area contributed by atoms with Gasteiger partial charge in [0.05, 0.1) is 4.90 Å². The molecule has 1 heterocycles. The Balaban J connectivity index is 1.92. The van der Waals surface area contributed by atoms with E-state index in [1.54, 1.807) is 0 Å². The van der Waals surface area contributed by atoms with Crippen LogP contribution in [0.1, 0.15) is 29.6 Å². The monoisotopic (exact) mass is 337 g/mol. The Kier molecular flexibility index (Phi) is 3.91. The zero-order valence-corrected chi connectivity index (χ0v) is 13.6. The zero-order valence-electron chi connectivity index (χ0n) is 12.8. The summed E-state index contributed by atoms with van der Waals surface area (Å²) in [6.07, 6.45) is 3.86. The normalized spacial score (nSPS) is 27.0. The standard InChI is InChI=1S/C16H19NO5S/c1-23(21,22)12-6-2-4-10(8-12)15(18)17-9-11-5-3-7-13(11)14(17)16(19)20/h2,4,6,8,11,13-14H,3,5,7,9H2,1H3,(H,19,20). The lowest BCUT2D eigenvalue weighted by molar-refractivity contribution is -0.142. The van der Waals surface area contributed by atoms with Gasteiger partial charge in [-0.25, -0.2) is 13.2 Å². The molecule has 1 aliphatic heterocycles. The summed E-state index contributed by atoms with van der Waals surface area (Å²) in [6, 6.07) is 4.99. The summed E-state index contributed by atoms with van der Waals surface area (Å²) in [5.74, 6) is -1.14. The molecule has 6 nitrogen and oxygen atoms in total. The van der Waals surface area contributed by atoms with Crippen LogP contribution >= 0.6 is 0 Å². The molecule has 1 saturated heterocycles. The number of aliphatic carboxylic acids is 1. The smallest absolute Gasteiger partial charge is 0.326 e. The number of likely N-dealkylation sites (tertiary alicyclic amines) is 1. The highest BCUT2D eigenvalue weighted by Gasteiger charge is 2.49. The van der Waals surface area contributed by atoms with Crippen molar-refractivity contribution in [3.8, 4) is 0 Å². The summed E-state index contributed by atoms with van der Waals surface area (Å²) in [5.41, 5.74) is 0.221. The second-order valence-electron chi connectivity index (χ2n) is 6.40. The van der Waals surface area contributed by atoms with E-state index in [0.29, 0.717) is 6.54 Å². The van der Waals surface area contributed by atoms with Crippen molar-refractivity contribution >= 4 is 21.7 Å². The SMILES string of the molecule is CS(=O)(=O)c1cccc(C(=O)N2CC3CCCC3C2C(=O)O)c1. The van der Waals surface area contributed by atoms with Gasteiger partial charge in [0, 0.05) is 18.4 Å². The van der Waals surface area contributed by atoms with E-state index in [1.807, 2.05) is 0 Å². The second-order valence-corrected chi connectivity index (χ2v) is 8.41. The first-order valence-corrected chi connectivity index (χ1v) is 9.52. The first kappa shape index (κ1) is 16.0. The van der Waals surface area contributed by atoms with Crippen molar-refractivity contribution < 1.29 is 23.1 Å². The van der Waals surface area contributed by atoms with E-state index in [0.717, 1.165) is 25.5 Å². The summed E-state index contributed by atoms with van der Waals surface area (Å²) in [7, 11) is -3.41. The van der Waals surface area contributed by atoms with E-state index in [1.165, 1.54) is 29.2 Å². The number of carboxylic acids is 1. The molecule has 2 aliphatic rings. The number of carbonyl (C=O) groups excluding carboxylic acids is 1. The van der Waals surface area contributed by atoms with Crippen LogP contribution in [-0.2, 0) is 14.6 Å². The number of carboxylic acid groups (broad SMARTS) is 1. The zero-order chi connectivity index (χ0) is 16.8. The molecule has 1 aromatic carbocycles. The molecule has 7 heteroatoms. The predicted molar refractivity (Wildman–Crippen MR) is 82.8 cm³/mol. The van der Waals surface area contributed by atoms with Gasteiger partial charge in [-0.2, -0.15) is 0 Å². The number of amides is 1. The van der Waals surface area contributed by atoms with Gasteiger partial charge in [0.2, 0.25) is 0 Å². The van der Waals surface area contributed by atoms with E-state index in [4.69, 9.17) is 0 Å². The second kappa shape index (κ2) is 5.63. The highest BCUT2D eigenvalue weighted by molar-refractivity contribution is 7.90. The van der Waals surface area contributed by atoms with Crippen molar-refractivity contribution in [3.05, 3.63) is 29.8 Å². The van der Waals surface area contributed by atoms with Crippen LogP contribution in [0.3, 0.4) is 0 Å². The maximum Gasteiger partial charge on any atom is 0.326 e. The van der Waals surface area contributed by atoms with Crippen LogP contribution in [-0.4, -0.2) is 49.1 Å². The van der Waals surface area contributed by atoms with Gasteiger partial charge < -0.3 is 10.0 Å². The van der Waals surface area contributed by atoms with Gasteiger partial charge in [-0.3, -0.25) is 4.79 Å². The number of carbonyl (C=O) groups is 2. The first-order valence-electron chi connectivity index (χ1n) is 7.63. The van der Waals surface area contributed by atoms with Crippen molar-refractivity contribution in [3.63, 3.8) is 0 Å². The Labute approximate surface area is 135 Å². The molecular weight excluding hydrogens is 318 g/mol. The third kappa shape index (κ3) is 2.85. The molecule has 1 N–H and O–H groups in total. The van der Waals surface area contributed by atoms with Gasteiger partial charge in [-0.1, -0.05) is 12.5 Å². The fourth-order valence-corrected chi connectivity index (χ4v) is 4.52. The number of fused-ring (bicyclic) bond motifs is 1. The van der Waals surface area contributed by atoms with E-state index in [9.17, 15) is 23.1 Å². The van der Waals surface area contributed by atoms with Gasteiger partial charge >= 0.3 is 5.97 Å². The van der Waals surface area contributed by atoms with Crippen LogP contribution in [0.4, 0.5) is 0 Å². The fourth-order valence-electron chi connectivity index (χ4n) is 3.86. The lowest BCUT2D eigenvalue weighted by Gasteiger charge is -2.24. The summed E-state index contributed by atoms with van der Waals surface area (Å²) >= 11 is 0. The molecule has 0 radical (unpaired) electrons. The molecule has 0 spiro atoms. The summed E-state index contributed by atoms with van der Waals surface area (Å²) in [4.78, 5) is 25.8. The summed E-state index contributed by atoms with van der Waals surface area (Å²) in [6.45, 7) is 0.434. The van der Waals surface area contributed by atoms with Crippen LogP contribution < -0.4 is 0 Å². The number of rotatable bonds is 3. The van der Waals surface area contributed by atoms with Gasteiger partial charge in [0.25, 0.3) is 5.91 Å². The van der Waals surface area contributed by atoms with Gasteiger partial charge in [0.15, 0.2) is 9.84 Å². The Morgan fingerprint density at radius 2 is 2.00 bits per heavy atom. The molecule has 2 fully saturated rings. The molecule has 1 aromatic rings. The van der Waals surface area contributed by atoms with Gasteiger partial charge in [-0.15, -0.1) is 0 Å². The molecule has 1 aliphatic carbocycles. The average molecular weight is 337 g/mol. The third-order valence-electron chi connectivity index (χ3n) is 4.91. The van der Waals surface area contributed by atoms with Crippen molar-refractivity contribution in [2.45, 2.75) is 30.2 Å². The fraction of sp³-hybridized carbons (Fsp3) is 0.500. The van der Waals surface area contributed by atoms with E-state index in [2.05, 4.69) is 0 Å². The Bertz CT molecular complexity index is 757. The molecule has 0 bridgehead atoms. The Morgan fingerprint density at radius 1 is 1.26 bits per heavy atom. The van der Waals surface area contributed by atoms with Crippen molar-refractivity contribution in [1.29, 1.82) is 0 Å². The molecule has 124 valence electrons. The number of nitrogens with zero attached hydrogens (tertiary/aromatic N) is 1. The average Bonchev–Trinajstić information content (AvgIpc) is 3.05. The minimum atomic E-state index is -3.41. The summed E-state index contributed by atoms with van der Waals surface area (Å²) in [5, 5.41) is 9.52. The van der Waals surface area contributed by atoms with Crippen LogP contribution in [0.2, 0.25) is 0 Å². The number of sulfone groups is 1. The molecule has 1 saturated carbocycles. The van der Waals surface area contributed by atoms with Crippen LogP contribution in [0, 0.1) is 11.8 Å². The minimum absolute atomic E-state index is 0.00883. The lowest BCUT2D eigenvalue weighted by atomic mass is 9.94. The highest BCUT2D eigenvalue weighted by Crippen LogP contribution is 2.42. The first-order chi connectivity index (χ1) is 10.8. The molecule has 0 aromatic heterocycles. The van der Waals surface area contributed by atoms with E-state index in [-0.39, 0.29) is 22.3 Å². The van der Waals surface area contributed by atoms with Crippen molar-refractivity contribution in [2.75, 3.05) is 12.8 Å². The van der Waals surface area contributed by atoms with E-state index < -0.39 is 27.8 Å². The Hall–Kier alpha value is -1.89. The van der Waals surface area contributed by atoms with Crippen molar-refractivity contribution in [2.24, 2.45) is 11.8 Å². The molecule has 3 unspecified atom stereocenters. The molecule has 3 atom stereocenters. The predicted octanol–water partition coefficient (Wildman–Crippen LogP) is 1.42. The third-order valence-corrected chi connectivity index (χ3v) is 6.02.